The minimum absolute atomic E-state index is 0.222. The van der Waals surface area contributed by atoms with Gasteiger partial charge < -0.3 is 14.3 Å². The molecular formula is C18H22FNO3. The second-order valence-electron chi connectivity index (χ2n) is 6.04. The van der Waals surface area contributed by atoms with Gasteiger partial charge in [-0.1, -0.05) is 12.1 Å². The molecule has 1 N–H and O–H groups in total. The van der Waals surface area contributed by atoms with Gasteiger partial charge in [-0.25, -0.2) is 4.39 Å². The molecule has 1 aliphatic carbocycles. The molecule has 0 saturated heterocycles. The van der Waals surface area contributed by atoms with Crippen LogP contribution in [0.5, 0.6) is 0 Å². The Hall–Kier alpha value is -1.69. The molecule has 5 heteroatoms. The number of furan rings is 1. The fourth-order valence-corrected chi connectivity index (χ4v) is 2.67. The number of halogens is 1. The van der Waals surface area contributed by atoms with Gasteiger partial charge in [-0.15, -0.1) is 0 Å². The van der Waals surface area contributed by atoms with Gasteiger partial charge >= 0.3 is 0 Å². The molecule has 1 fully saturated rings. The van der Waals surface area contributed by atoms with Crippen LogP contribution < -0.4 is 0 Å². The van der Waals surface area contributed by atoms with Crippen molar-refractivity contribution in [2.24, 2.45) is 0 Å². The van der Waals surface area contributed by atoms with E-state index in [2.05, 4.69) is 4.90 Å². The Morgan fingerprint density at radius 2 is 2.17 bits per heavy atom. The Balaban J connectivity index is 1.46. The maximum atomic E-state index is 13.3. The highest BCUT2D eigenvalue weighted by Crippen LogP contribution is 2.28. The van der Waals surface area contributed by atoms with Gasteiger partial charge in [0.15, 0.2) is 0 Å². The van der Waals surface area contributed by atoms with Gasteiger partial charge in [-0.05, 0) is 42.7 Å². The van der Waals surface area contributed by atoms with E-state index in [1.165, 1.54) is 6.07 Å². The van der Waals surface area contributed by atoms with Crippen LogP contribution in [0.25, 0.3) is 0 Å². The summed E-state index contributed by atoms with van der Waals surface area (Å²) in [6, 6.07) is 10.8. The molecule has 0 aliphatic heterocycles. The van der Waals surface area contributed by atoms with E-state index in [1.54, 1.807) is 18.4 Å². The molecule has 124 valence electrons. The van der Waals surface area contributed by atoms with Crippen LogP contribution in [0.2, 0.25) is 0 Å². The van der Waals surface area contributed by atoms with E-state index < -0.39 is 6.10 Å². The lowest BCUT2D eigenvalue weighted by Crippen LogP contribution is -2.36. The van der Waals surface area contributed by atoms with Crippen LogP contribution >= 0.6 is 0 Å². The molecule has 3 rings (SSSR count). The summed E-state index contributed by atoms with van der Waals surface area (Å²) in [4.78, 5) is 2.20. The third-order valence-electron chi connectivity index (χ3n) is 3.92. The van der Waals surface area contributed by atoms with Crippen molar-refractivity contribution in [3.05, 3.63) is 59.8 Å². The van der Waals surface area contributed by atoms with Gasteiger partial charge in [0.2, 0.25) is 0 Å². The lowest BCUT2D eigenvalue weighted by atomic mass is 10.2. The highest BCUT2D eigenvalue weighted by molar-refractivity contribution is 5.16. The number of rotatable bonds is 9. The maximum Gasteiger partial charge on any atom is 0.129 e. The Labute approximate surface area is 135 Å². The summed E-state index contributed by atoms with van der Waals surface area (Å²) in [5.41, 5.74) is 0.931. The number of hydrogen-bond acceptors (Lipinski definition) is 4. The molecule has 1 atom stereocenters. The molecule has 23 heavy (non-hydrogen) atoms. The van der Waals surface area contributed by atoms with Crippen LogP contribution in [0, 0.1) is 5.82 Å². The zero-order chi connectivity index (χ0) is 16.1. The van der Waals surface area contributed by atoms with Crippen molar-refractivity contribution >= 4 is 0 Å². The minimum Gasteiger partial charge on any atom is -0.467 e. The van der Waals surface area contributed by atoms with E-state index in [0.717, 1.165) is 24.2 Å². The first kappa shape index (κ1) is 16.2. The van der Waals surface area contributed by atoms with Crippen LogP contribution in [0.15, 0.2) is 47.1 Å². The molecule has 1 heterocycles. The summed E-state index contributed by atoms with van der Waals surface area (Å²) in [6.45, 7) is 1.79. The summed E-state index contributed by atoms with van der Waals surface area (Å²) < 4.78 is 24.0. The number of aliphatic hydroxyl groups excluding tert-OH is 1. The predicted molar refractivity (Wildman–Crippen MR) is 84.2 cm³/mol. The zero-order valence-electron chi connectivity index (χ0n) is 13.0. The Kier molecular flexibility index (Phi) is 5.43. The SMILES string of the molecule is OC(COCc1ccco1)CN(Cc1cccc(F)c1)C1CC1. The molecular weight excluding hydrogens is 297 g/mol. The van der Waals surface area contributed by atoms with E-state index in [4.69, 9.17) is 9.15 Å². The largest absolute Gasteiger partial charge is 0.467 e. The quantitative estimate of drug-likeness (QED) is 0.772. The van der Waals surface area contributed by atoms with Crippen molar-refractivity contribution < 1.29 is 18.7 Å². The summed E-state index contributed by atoms with van der Waals surface area (Å²) in [5.74, 6) is 0.525. The van der Waals surface area contributed by atoms with Crippen molar-refractivity contribution in [3.63, 3.8) is 0 Å². The molecule has 1 aromatic heterocycles. The summed E-state index contributed by atoms with van der Waals surface area (Å²) >= 11 is 0. The molecule has 1 unspecified atom stereocenters. The van der Waals surface area contributed by atoms with E-state index in [9.17, 15) is 9.50 Å². The fraction of sp³-hybridized carbons (Fsp3) is 0.444. The number of nitrogens with zero attached hydrogens (tertiary/aromatic N) is 1. The molecule has 1 aliphatic rings. The maximum absolute atomic E-state index is 13.3. The monoisotopic (exact) mass is 319 g/mol. The summed E-state index contributed by atoms with van der Waals surface area (Å²) in [7, 11) is 0. The molecule has 4 nitrogen and oxygen atoms in total. The average molecular weight is 319 g/mol. The first-order valence-electron chi connectivity index (χ1n) is 7.97. The predicted octanol–water partition coefficient (Wildman–Crippen LogP) is 2.96. The Morgan fingerprint density at radius 3 is 2.87 bits per heavy atom. The third-order valence-corrected chi connectivity index (χ3v) is 3.92. The average Bonchev–Trinajstić information content (AvgIpc) is 3.24. The molecule has 2 aromatic rings. The highest BCUT2D eigenvalue weighted by Gasteiger charge is 2.30. The molecule has 0 amide bonds. The number of hydrogen-bond donors (Lipinski definition) is 1. The number of benzene rings is 1. The van der Waals surface area contributed by atoms with Crippen molar-refractivity contribution in [2.45, 2.75) is 38.1 Å². The van der Waals surface area contributed by atoms with Crippen molar-refractivity contribution in [2.75, 3.05) is 13.2 Å². The minimum atomic E-state index is -0.570. The van der Waals surface area contributed by atoms with Crippen molar-refractivity contribution in [1.82, 2.24) is 4.90 Å². The molecule has 1 aromatic carbocycles. The second-order valence-corrected chi connectivity index (χ2v) is 6.04. The number of ether oxygens (including phenoxy) is 1. The van der Waals surface area contributed by atoms with Gasteiger partial charge in [-0.3, -0.25) is 4.90 Å². The summed E-state index contributed by atoms with van der Waals surface area (Å²) in [6.07, 6.45) is 3.30. The van der Waals surface area contributed by atoms with Gasteiger partial charge in [0.05, 0.1) is 19.0 Å². The van der Waals surface area contributed by atoms with Gasteiger partial charge in [0.1, 0.15) is 18.2 Å². The molecule has 0 radical (unpaired) electrons. The fourth-order valence-electron chi connectivity index (χ4n) is 2.67. The Bertz CT molecular complexity index is 598. The molecule has 0 spiro atoms. The third kappa shape index (κ3) is 5.16. The Morgan fingerprint density at radius 1 is 1.30 bits per heavy atom. The lowest BCUT2D eigenvalue weighted by molar-refractivity contribution is 0.00246. The number of aliphatic hydroxyl groups is 1. The van der Waals surface area contributed by atoms with Crippen molar-refractivity contribution in [1.29, 1.82) is 0 Å². The van der Waals surface area contributed by atoms with Crippen LogP contribution in [0.1, 0.15) is 24.2 Å². The second kappa shape index (κ2) is 7.73. The highest BCUT2D eigenvalue weighted by atomic mass is 19.1. The first-order chi connectivity index (χ1) is 11.2. The molecule has 1 saturated carbocycles. The van der Waals surface area contributed by atoms with Crippen LogP contribution in [0.4, 0.5) is 4.39 Å². The van der Waals surface area contributed by atoms with Gasteiger partial charge in [0, 0.05) is 19.1 Å². The van der Waals surface area contributed by atoms with E-state index in [1.807, 2.05) is 18.2 Å². The standard InChI is InChI=1S/C18H22FNO3/c19-15-4-1-3-14(9-15)10-20(16-6-7-16)11-17(21)12-22-13-18-5-2-8-23-18/h1-5,8-9,16-17,21H,6-7,10-13H2. The normalized spacial score (nSPS) is 16.0. The van der Waals surface area contributed by atoms with Crippen LogP contribution in [-0.4, -0.2) is 35.3 Å². The first-order valence-corrected chi connectivity index (χ1v) is 7.97. The molecule has 0 bridgehead atoms. The summed E-state index contributed by atoms with van der Waals surface area (Å²) in [5, 5.41) is 10.2. The van der Waals surface area contributed by atoms with Gasteiger partial charge in [-0.2, -0.15) is 0 Å². The van der Waals surface area contributed by atoms with E-state index >= 15 is 0 Å². The van der Waals surface area contributed by atoms with Gasteiger partial charge in [0.25, 0.3) is 0 Å². The van der Waals surface area contributed by atoms with E-state index in [0.29, 0.717) is 25.7 Å². The van der Waals surface area contributed by atoms with Crippen molar-refractivity contribution in [3.8, 4) is 0 Å². The lowest BCUT2D eigenvalue weighted by Gasteiger charge is -2.25. The van der Waals surface area contributed by atoms with E-state index in [-0.39, 0.29) is 12.4 Å². The van der Waals surface area contributed by atoms with Crippen LogP contribution in [0.3, 0.4) is 0 Å². The zero-order valence-corrected chi connectivity index (χ0v) is 13.0. The van der Waals surface area contributed by atoms with Crippen LogP contribution in [-0.2, 0) is 17.9 Å². The smallest absolute Gasteiger partial charge is 0.129 e. The topological polar surface area (TPSA) is 45.8 Å².